The zero-order valence-electron chi connectivity index (χ0n) is 10.6. The van der Waals surface area contributed by atoms with Gasteiger partial charge in [0.05, 0.1) is 30.3 Å². The summed E-state index contributed by atoms with van der Waals surface area (Å²) in [5, 5.41) is 27.8. The number of aromatic nitrogens is 2. The molecule has 0 bridgehead atoms. The Morgan fingerprint density at radius 3 is 2.58 bits per heavy atom. The number of imidazole rings is 1. The van der Waals surface area contributed by atoms with Crippen molar-refractivity contribution in [3.8, 4) is 0 Å². The molecular formula is C13H16N2O4. The molecule has 6 heteroatoms. The molecule has 0 saturated carbocycles. The van der Waals surface area contributed by atoms with Crippen LogP contribution in [0.5, 0.6) is 0 Å². The standard InChI is InChI=1S/C13H16N2O4/c1-2-11-14-12-9(13(18)19)4-3-5-10(12)15(11)8(6-16)7-17/h3-5,8,16-17H,2,6-7H2,1H3,(H,18,19). The fraction of sp³-hybridized carbons (Fsp3) is 0.385. The maximum atomic E-state index is 11.2. The number of rotatable bonds is 5. The van der Waals surface area contributed by atoms with Crippen LogP contribution in [-0.4, -0.2) is 44.1 Å². The van der Waals surface area contributed by atoms with Gasteiger partial charge in [-0.2, -0.15) is 0 Å². The van der Waals surface area contributed by atoms with Crippen LogP contribution in [0.15, 0.2) is 18.2 Å². The van der Waals surface area contributed by atoms with E-state index < -0.39 is 12.0 Å². The van der Waals surface area contributed by atoms with Crippen molar-refractivity contribution in [3.63, 3.8) is 0 Å². The first kappa shape index (κ1) is 13.5. The van der Waals surface area contributed by atoms with Gasteiger partial charge in [0.2, 0.25) is 0 Å². The third-order valence-electron chi connectivity index (χ3n) is 3.13. The van der Waals surface area contributed by atoms with E-state index >= 15 is 0 Å². The van der Waals surface area contributed by atoms with Gasteiger partial charge in [0.1, 0.15) is 11.3 Å². The lowest BCUT2D eigenvalue weighted by molar-refractivity contribution is 0.0699. The molecule has 6 nitrogen and oxygen atoms in total. The number of aromatic carboxylic acids is 1. The van der Waals surface area contributed by atoms with Gasteiger partial charge in [0.25, 0.3) is 0 Å². The SMILES string of the molecule is CCc1nc2c(C(=O)O)cccc2n1C(CO)CO. The molecule has 0 radical (unpaired) electrons. The zero-order valence-corrected chi connectivity index (χ0v) is 10.6. The summed E-state index contributed by atoms with van der Waals surface area (Å²) < 4.78 is 1.71. The molecule has 3 N–H and O–H groups in total. The first-order chi connectivity index (χ1) is 9.13. The van der Waals surface area contributed by atoms with Crippen LogP contribution in [0.4, 0.5) is 0 Å². The Labute approximate surface area is 109 Å². The number of carboxylic acid groups (broad SMARTS) is 1. The number of carboxylic acids is 1. The first-order valence-electron chi connectivity index (χ1n) is 6.08. The molecule has 2 rings (SSSR count). The van der Waals surface area contributed by atoms with E-state index in [1.807, 2.05) is 6.92 Å². The van der Waals surface area contributed by atoms with Gasteiger partial charge in [0.15, 0.2) is 0 Å². The van der Waals surface area contributed by atoms with Crippen molar-refractivity contribution in [1.29, 1.82) is 0 Å². The quantitative estimate of drug-likeness (QED) is 0.743. The monoisotopic (exact) mass is 264 g/mol. The third-order valence-corrected chi connectivity index (χ3v) is 3.13. The molecule has 0 amide bonds. The Balaban J connectivity index is 2.75. The largest absolute Gasteiger partial charge is 0.478 e. The van der Waals surface area contributed by atoms with Crippen LogP contribution in [0.2, 0.25) is 0 Å². The second-order valence-corrected chi connectivity index (χ2v) is 4.25. The molecule has 0 aliphatic rings. The normalized spacial score (nSPS) is 11.4. The van der Waals surface area contributed by atoms with E-state index in [4.69, 9.17) is 5.11 Å². The molecular weight excluding hydrogens is 248 g/mol. The minimum Gasteiger partial charge on any atom is -0.478 e. The van der Waals surface area contributed by atoms with Crippen molar-refractivity contribution in [3.05, 3.63) is 29.6 Å². The van der Waals surface area contributed by atoms with Crippen LogP contribution >= 0.6 is 0 Å². The maximum absolute atomic E-state index is 11.2. The summed E-state index contributed by atoms with van der Waals surface area (Å²) in [6, 6.07) is 4.36. The summed E-state index contributed by atoms with van der Waals surface area (Å²) in [6.07, 6.45) is 0.588. The zero-order chi connectivity index (χ0) is 14.0. The van der Waals surface area contributed by atoms with Gasteiger partial charge < -0.3 is 19.9 Å². The van der Waals surface area contributed by atoms with E-state index in [2.05, 4.69) is 4.98 Å². The molecule has 19 heavy (non-hydrogen) atoms. The second kappa shape index (κ2) is 5.38. The average molecular weight is 264 g/mol. The number of para-hydroxylation sites is 1. The summed E-state index contributed by atoms with van der Waals surface area (Å²) in [4.78, 5) is 15.5. The lowest BCUT2D eigenvalue weighted by Crippen LogP contribution is -2.19. The molecule has 1 heterocycles. The van der Waals surface area contributed by atoms with Crippen LogP contribution in [0.25, 0.3) is 11.0 Å². The minimum absolute atomic E-state index is 0.126. The van der Waals surface area contributed by atoms with E-state index in [9.17, 15) is 15.0 Å². The van der Waals surface area contributed by atoms with E-state index in [1.54, 1.807) is 16.7 Å². The average Bonchev–Trinajstić information content (AvgIpc) is 2.79. The van der Waals surface area contributed by atoms with Crippen molar-refractivity contribution in [2.75, 3.05) is 13.2 Å². The molecule has 0 aliphatic carbocycles. The van der Waals surface area contributed by atoms with Gasteiger partial charge in [-0.3, -0.25) is 0 Å². The van der Waals surface area contributed by atoms with Crippen LogP contribution in [0, 0.1) is 0 Å². The Morgan fingerprint density at radius 2 is 2.05 bits per heavy atom. The van der Waals surface area contributed by atoms with Gasteiger partial charge in [-0.25, -0.2) is 9.78 Å². The number of hydrogen-bond donors (Lipinski definition) is 3. The second-order valence-electron chi connectivity index (χ2n) is 4.25. The van der Waals surface area contributed by atoms with Crippen LogP contribution in [0.1, 0.15) is 29.1 Å². The molecule has 2 aromatic rings. The minimum atomic E-state index is -1.04. The summed E-state index contributed by atoms with van der Waals surface area (Å²) in [6.45, 7) is 1.43. The Bertz CT molecular complexity index is 602. The van der Waals surface area contributed by atoms with Gasteiger partial charge in [-0.15, -0.1) is 0 Å². The van der Waals surface area contributed by atoms with Gasteiger partial charge in [0, 0.05) is 6.42 Å². The highest BCUT2D eigenvalue weighted by Gasteiger charge is 2.20. The summed E-state index contributed by atoms with van der Waals surface area (Å²) in [5.74, 6) is -0.390. The van der Waals surface area contributed by atoms with Gasteiger partial charge >= 0.3 is 5.97 Å². The fourth-order valence-electron chi connectivity index (χ4n) is 2.22. The number of nitrogens with zero attached hydrogens (tertiary/aromatic N) is 2. The third kappa shape index (κ3) is 2.20. The van der Waals surface area contributed by atoms with E-state index in [0.29, 0.717) is 23.3 Å². The van der Waals surface area contributed by atoms with E-state index in [0.717, 1.165) is 0 Å². The molecule has 0 fully saturated rings. The predicted octanol–water partition coefficient (Wildman–Crippen LogP) is 0.823. The van der Waals surface area contributed by atoms with Gasteiger partial charge in [-0.05, 0) is 12.1 Å². The number of aliphatic hydroxyl groups is 2. The highest BCUT2D eigenvalue weighted by atomic mass is 16.4. The maximum Gasteiger partial charge on any atom is 0.337 e. The van der Waals surface area contributed by atoms with Crippen molar-refractivity contribution < 1.29 is 20.1 Å². The lowest BCUT2D eigenvalue weighted by Gasteiger charge is -2.16. The van der Waals surface area contributed by atoms with Crippen molar-refractivity contribution in [2.45, 2.75) is 19.4 Å². The predicted molar refractivity (Wildman–Crippen MR) is 69.3 cm³/mol. The van der Waals surface area contributed by atoms with Crippen LogP contribution in [-0.2, 0) is 6.42 Å². The highest BCUT2D eigenvalue weighted by Crippen LogP contribution is 2.24. The molecule has 0 unspecified atom stereocenters. The topological polar surface area (TPSA) is 95.6 Å². The van der Waals surface area contributed by atoms with Crippen molar-refractivity contribution in [1.82, 2.24) is 9.55 Å². The number of hydrogen-bond acceptors (Lipinski definition) is 4. The molecule has 0 spiro atoms. The molecule has 102 valence electrons. The van der Waals surface area contributed by atoms with Gasteiger partial charge in [-0.1, -0.05) is 13.0 Å². The van der Waals surface area contributed by atoms with Crippen LogP contribution in [0.3, 0.4) is 0 Å². The molecule has 1 aromatic heterocycles. The van der Waals surface area contributed by atoms with Crippen molar-refractivity contribution >= 4 is 17.0 Å². The summed E-state index contributed by atoms with van der Waals surface area (Å²) in [7, 11) is 0. The number of benzene rings is 1. The first-order valence-corrected chi connectivity index (χ1v) is 6.08. The highest BCUT2D eigenvalue weighted by molar-refractivity contribution is 6.01. The Kier molecular flexibility index (Phi) is 3.82. The number of aliphatic hydroxyl groups excluding tert-OH is 2. The number of carbonyl (C=O) groups is 1. The molecule has 0 atom stereocenters. The van der Waals surface area contributed by atoms with Crippen molar-refractivity contribution in [2.24, 2.45) is 0 Å². The molecule has 0 saturated heterocycles. The number of aryl methyl sites for hydroxylation is 1. The van der Waals surface area contributed by atoms with Crippen LogP contribution < -0.4 is 0 Å². The lowest BCUT2D eigenvalue weighted by atomic mass is 10.2. The van der Waals surface area contributed by atoms with E-state index in [-0.39, 0.29) is 18.8 Å². The fourth-order valence-corrected chi connectivity index (χ4v) is 2.22. The van der Waals surface area contributed by atoms with E-state index in [1.165, 1.54) is 6.07 Å². The molecule has 0 aliphatic heterocycles. The summed E-state index contributed by atoms with van der Waals surface area (Å²) in [5.41, 5.74) is 1.13. The Morgan fingerprint density at radius 1 is 1.37 bits per heavy atom. The number of fused-ring (bicyclic) bond motifs is 1. The smallest absolute Gasteiger partial charge is 0.337 e. The molecule has 1 aromatic carbocycles. The Hall–Kier alpha value is -1.92. The summed E-state index contributed by atoms with van der Waals surface area (Å²) >= 11 is 0.